The fraction of sp³-hybridized carbons (Fsp3) is 0.250. The molecule has 0 aliphatic heterocycles. The first kappa shape index (κ1) is 9.80. The molecule has 0 fully saturated rings. The number of halogens is 1. The number of hydrogen-bond donors (Lipinski definition) is 1. The molecule has 0 bridgehead atoms. The van der Waals surface area contributed by atoms with Gasteiger partial charge in [0.1, 0.15) is 16.5 Å². The van der Waals surface area contributed by atoms with E-state index in [4.69, 9.17) is 17.3 Å². The maximum Gasteiger partial charge on any atom is 0.341 e. The van der Waals surface area contributed by atoms with Gasteiger partial charge in [-0.3, -0.25) is 0 Å². The Labute approximate surface area is 80.7 Å². The lowest BCUT2D eigenvalue weighted by Gasteiger charge is -2.06. The molecule has 0 saturated carbocycles. The number of hydrogen-bond acceptors (Lipinski definition) is 4. The number of nitrogens with zero attached hydrogens (tertiary/aromatic N) is 1. The number of carbonyl (C=O) groups excluding carboxylic acids is 1. The van der Waals surface area contributed by atoms with Crippen LogP contribution in [-0.4, -0.2) is 18.1 Å². The molecule has 0 radical (unpaired) electrons. The molecule has 4 nitrogen and oxygen atoms in total. The van der Waals surface area contributed by atoms with E-state index in [1.807, 2.05) is 0 Å². The minimum Gasteiger partial charge on any atom is -0.465 e. The van der Waals surface area contributed by atoms with Gasteiger partial charge in [0.2, 0.25) is 0 Å². The summed E-state index contributed by atoms with van der Waals surface area (Å²) in [5.74, 6) is -0.406. The molecule has 70 valence electrons. The Bertz CT molecular complexity index is 329. The first-order valence-electron chi connectivity index (χ1n) is 3.57. The van der Waals surface area contributed by atoms with Gasteiger partial charge in [0, 0.05) is 0 Å². The third-order valence-electron chi connectivity index (χ3n) is 1.60. The summed E-state index contributed by atoms with van der Waals surface area (Å²) >= 11 is 5.63. The Morgan fingerprint density at radius 1 is 1.69 bits per heavy atom. The van der Waals surface area contributed by atoms with Gasteiger partial charge in [-0.05, 0) is 18.6 Å². The number of methoxy groups -OCH3 is 1. The van der Waals surface area contributed by atoms with Crippen LogP contribution in [0.4, 0.5) is 5.82 Å². The molecular weight excluding hydrogens is 192 g/mol. The van der Waals surface area contributed by atoms with Crippen molar-refractivity contribution >= 4 is 23.4 Å². The number of rotatable bonds is 1. The molecule has 5 heteroatoms. The number of nitrogens with two attached hydrogens (primary N) is 1. The molecule has 1 rings (SSSR count). The van der Waals surface area contributed by atoms with E-state index in [-0.39, 0.29) is 16.5 Å². The van der Waals surface area contributed by atoms with E-state index < -0.39 is 5.97 Å². The van der Waals surface area contributed by atoms with Crippen LogP contribution < -0.4 is 5.73 Å². The molecule has 0 aliphatic carbocycles. The summed E-state index contributed by atoms with van der Waals surface area (Å²) in [6.07, 6.45) is 0. The summed E-state index contributed by atoms with van der Waals surface area (Å²) in [5, 5.41) is 0.266. The van der Waals surface area contributed by atoms with E-state index in [2.05, 4.69) is 9.72 Å². The number of anilines is 1. The van der Waals surface area contributed by atoms with Crippen LogP contribution in [0.15, 0.2) is 6.07 Å². The fourth-order valence-corrected chi connectivity index (χ4v) is 1.28. The second-order valence-corrected chi connectivity index (χ2v) is 2.90. The number of pyridine rings is 1. The molecule has 13 heavy (non-hydrogen) atoms. The van der Waals surface area contributed by atoms with E-state index in [1.165, 1.54) is 7.11 Å². The zero-order chi connectivity index (χ0) is 10.0. The van der Waals surface area contributed by atoms with Gasteiger partial charge >= 0.3 is 5.97 Å². The molecule has 1 aromatic heterocycles. The highest BCUT2D eigenvalue weighted by atomic mass is 35.5. The predicted molar refractivity (Wildman–Crippen MR) is 49.7 cm³/mol. The Morgan fingerprint density at radius 2 is 2.31 bits per heavy atom. The summed E-state index contributed by atoms with van der Waals surface area (Å²) in [5.41, 5.74) is 6.43. The molecule has 0 aliphatic rings. The SMILES string of the molecule is COC(=O)c1c(C)cc(Cl)nc1N. The monoisotopic (exact) mass is 200 g/mol. The van der Waals surface area contributed by atoms with Crippen LogP contribution in [0.25, 0.3) is 0 Å². The van der Waals surface area contributed by atoms with Gasteiger partial charge in [-0.1, -0.05) is 11.6 Å². The lowest BCUT2D eigenvalue weighted by molar-refractivity contribution is 0.0601. The van der Waals surface area contributed by atoms with E-state index in [0.29, 0.717) is 5.56 Å². The summed E-state index contributed by atoms with van der Waals surface area (Å²) in [7, 11) is 1.29. The topological polar surface area (TPSA) is 65.2 Å². The Morgan fingerprint density at radius 3 is 2.77 bits per heavy atom. The maximum atomic E-state index is 11.2. The predicted octanol–water partition coefficient (Wildman–Crippen LogP) is 1.41. The second kappa shape index (κ2) is 3.62. The van der Waals surface area contributed by atoms with Crippen LogP contribution in [-0.2, 0) is 4.74 Å². The molecular formula is C8H9ClN2O2. The Kier molecular flexibility index (Phi) is 2.72. The van der Waals surface area contributed by atoms with Crippen LogP contribution in [0.1, 0.15) is 15.9 Å². The molecule has 0 aromatic carbocycles. The van der Waals surface area contributed by atoms with Gasteiger partial charge in [0.25, 0.3) is 0 Å². The Hall–Kier alpha value is -1.29. The molecule has 2 N–H and O–H groups in total. The van der Waals surface area contributed by atoms with E-state index in [1.54, 1.807) is 13.0 Å². The third kappa shape index (κ3) is 1.89. The van der Waals surface area contributed by atoms with Gasteiger partial charge in [0.05, 0.1) is 7.11 Å². The normalized spacial score (nSPS) is 9.77. The number of aromatic nitrogens is 1. The van der Waals surface area contributed by atoms with E-state index >= 15 is 0 Å². The van der Waals surface area contributed by atoms with Gasteiger partial charge in [0.15, 0.2) is 0 Å². The average Bonchev–Trinajstić information content (AvgIpc) is 2.02. The fourth-order valence-electron chi connectivity index (χ4n) is 1.02. The zero-order valence-electron chi connectivity index (χ0n) is 7.30. The summed E-state index contributed by atoms with van der Waals surface area (Å²) in [6.45, 7) is 1.72. The van der Waals surface area contributed by atoms with Crippen molar-refractivity contribution in [3.8, 4) is 0 Å². The van der Waals surface area contributed by atoms with Crippen molar-refractivity contribution in [1.82, 2.24) is 4.98 Å². The van der Waals surface area contributed by atoms with Crippen LogP contribution >= 0.6 is 11.6 Å². The molecule has 0 spiro atoms. The highest BCUT2D eigenvalue weighted by Crippen LogP contribution is 2.19. The number of carbonyl (C=O) groups is 1. The molecule has 0 amide bonds. The van der Waals surface area contributed by atoms with Crippen molar-refractivity contribution in [2.24, 2.45) is 0 Å². The smallest absolute Gasteiger partial charge is 0.341 e. The number of esters is 1. The largest absolute Gasteiger partial charge is 0.465 e. The molecule has 0 saturated heterocycles. The third-order valence-corrected chi connectivity index (χ3v) is 1.80. The molecule has 0 unspecified atom stereocenters. The number of aryl methyl sites for hydroxylation is 1. The van der Waals surface area contributed by atoms with Crippen molar-refractivity contribution in [2.75, 3.05) is 12.8 Å². The van der Waals surface area contributed by atoms with Crippen molar-refractivity contribution in [3.63, 3.8) is 0 Å². The molecule has 0 atom stereocenters. The van der Waals surface area contributed by atoms with Crippen LogP contribution in [0.5, 0.6) is 0 Å². The summed E-state index contributed by atoms with van der Waals surface area (Å²) in [4.78, 5) is 14.9. The minimum atomic E-state index is -0.501. The number of nitrogen functional groups attached to an aromatic ring is 1. The lowest BCUT2D eigenvalue weighted by atomic mass is 10.1. The first-order valence-corrected chi connectivity index (χ1v) is 3.95. The minimum absolute atomic E-state index is 0.0943. The lowest BCUT2D eigenvalue weighted by Crippen LogP contribution is -2.09. The van der Waals surface area contributed by atoms with Crippen molar-refractivity contribution in [3.05, 3.63) is 22.3 Å². The summed E-state index contributed by atoms with van der Waals surface area (Å²) < 4.78 is 4.54. The van der Waals surface area contributed by atoms with Crippen LogP contribution in [0.3, 0.4) is 0 Å². The van der Waals surface area contributed by atoms with Gasteiger partial charge in [-0.2, -0.15) is 0 Å². The van der Waals surface area contributed by atoms with Crippen molar-refractivity contribution in [1.29, 1.82) is 0 Å². The standard InChI is InChI=1S/C8H9ClN2O2/c1-4-3-5(9)11-7(10)6(4)8(12)13-2/h3H,1-2H3,(H2,10,11). The van der Waals surface area contributed by atoms with Gasteiger partial charge < -0.3 is 10.5 Å². The molecule has 1 aromatic rings. The van der Waals surface area contributed by atoms with Gasteiger partial charge in [-0.25, -0.2) is 9.78 Å². The van der Waals surface area contributed by atoms with Crippen molar-refractivity contribution in [2.45, 2.75) is 6.92 Å². The maximum absolute atomic E-state index is 11.2. The highest BCUT2D eigenvalue weighted by Gasteiger charge is 2.14. The van der Waals surface area contributed by atoms with Crippen LogP contribution in [0.2, 0.25) is 5.15 Å². The molecule has 1 heterocycles. The van der Waals surface area contributed by atoms with Gasteiger partial charge in [-0.15, -0.1) is 0 Å². The van der Waals surface area contributed by atoms with E-state index in [9.17, 15) is 4.79 Å². The second-order valence-electron chi connectivity index (χ2n) is 2.51. The quantitative estimate of drug-likeness (QED) is 0.550. The van der Waals surface area contributed by atoms with Crippen LogP contribution in [0, 0.1) is 6.92 Å². The van der Waals surface area contributed by atoms with Crippen molar-refractivity contribution < 1.29 is 9.53 Å². The van der Waals surface area contributed by atoms with E-state index in [0.717, 1.165) is 0 Å². The zero-order valence-corrected chi connectivity index (χ0v) is 8.05. The Balaban J connectivity index is 3.28. The average molecular weight is 201 g/mol. The highest BCUT2D eigenvalue weighted by molar-refractivity contribution is 6.29. The number of ether oxygens (including phenoxy) is 1. The first-order chi connectivity index (χ1) is 6.06. The summed E-state index contributed by atoms with van der Waals surface area (Å²) in [6, 6.07) is 1.56.